The van der Waals surface area contributed by atoms with Crippen LogP contribution in [-0.2, 0) is 0 Å². The second kappa shape index (κ2) is 2.78. The van der Waals surface area contributed by atoms with Crippen LogP contribution in [0.5, 0.6) is 0 Å². The van der Waals surface area contributed by atoms with Crippen LogP contribution in [0.15, 0.2) is 35.5 Å². The number of pyridine rings is 1. The Kier molecular flexibility index (Phi) is 1.63. The van der Waals surface area contributed by atoms with Crippen molar-refractivity contribution in [2.45, 2.75) is 0 Å². The van der Waals surface area contributed by atoms with Crippen molar-refractivity contribution in [3.8, 4) is 5.82 Å². The molecule has 66 valence electrons. The van der Waals surface area contributed by atoms with Gasteiger partial charge >= 0.3 is 0 Å². The Morgan fingerprint density at radius 1 is 1.54 bits per heavy atom. The first-order valence-corrected chi connectivity index (χ1v) is 3.75. The third-order valence-electron chi connectivity index (χ3n) is 1.68. The molecule has 0 amide bonds. The number of aromatic nitrogens is 3. The predicted molar refractivity (Wildman–Crippen MR) is 48.6 cm³/mol. The maximum Gasteiger partial charge on any atom is 0.206 e. The van der Waals surface area contributed by atoms with Gasteiger partial charge in [0.05, 0.1) is 5.69 Å². The maximum absolute atomic E-state index is 11.1. The number of nitrogens with two attached hydrogens (primary N) is 1. The van der Waals surface area contributed by atoms with Gasteiger partial charge in [0.1, 0.15) is 5.82 Å². The molecule has 0 aliphatic heterocycles. The van der Waals surface area contributed by atoms with Gasteiger partial charge in [-0.15, -0.1) is 0 Å². The van der Waals surface area contributed by atoms with Crippen LogP contribution in [0.25, 0.3) is 5.82 Å². The van der Waals surface area contributed by atoms with Crippen molar-refractivity contribution in [1.29, 1.82) is 0 Å². The van der Waals surface area contributed by atoms with E-state index in [1.807, 2.05) is 0 Å². The summed E-state index contributed by atoms with van der Waals surface area (Å²) in [7, 11) is 0. The number of nitrogens with zero attached hydrogens (tertiary/aromatic N) is 2. The monoisotopic (exact) mass is 176 g/mol. The van der Waals surface area contributed by atoms with E-state index in [1.165, 1.54) is 12.3 Å². The topological polar surface area (TPSA) is 76.7 Å². The zero-order valence-electron chi connectivity index (χ0n) is 6.77. The molecular weight excluding hydrogens is 168 g/mol. The molecule has 2 heterocycles. The average molecular weight is 176 g/mol. The fourth-order valence-electron chi connectivity index (χ4n) is 1.02. The van der Waals surface area contributed by atoms with Crippen LogP contribution >= 0.6 is 0 Å². The summed E-state index contributed by atoms with van der Waals surface area (Å²) in [4.78, 5) is 14.0. The van der Waals surface area contributed by atoms with Crippen molar-refractivity contribution in [3.63, 3.8) is 0 Å². The zero-order chi connectivity index (χ0) is 9.26. The Labute approximate surface area is 73.8 Å². The Morgan fingerprint density at radius 2 is 2.38 bits per heavy atom. The number of H-pyrrole nitrogens is 1. The highest BCUT2D eigenvalue weighted by molar-refractivity contribution is 5.38. The van der Waals surface area contributed by atoms with Gasteiger partial charge in [-0.25, -0.2) is 4.68 Å². The SMILES string of the molecule is Nc1c[nH]c(-n2cccn2)cc1=O. The summed E-state index contributed by atoms with van der Waals surface area (Å²) in [6, 6.07) is 3.18. The van der Waals surface area contributed by atoms with Crippen LogP contribution in [0.1, 0.15) is 0 Å². The molecule has 0 saturated carbocycles. The molecule has 0 bridgehead atoms. The number of anilines is 1. The van der Waals surface area contributed by atoms with Crippen LogP contribution in [-0.4, -0.2) is 14.8 Å². The molecule has 0 spiro atoms. The van der Waals surface area contributed by atoms with E-state index in [0.29, 0.717) is 5.82 Å². The minimum absolute atomic E-state index is 0.204. The van der Waals surface area contributed by atoms with Gasteiger partial charge < -0.3 is 10.7 Å². The lowest BCUT2D eigenvalue weighted by molar-refractivity contribution is 0.846. The molecule has 3 N–H and O–H groups in total. The number of aromatic amines is 1. The second-order valence-electron chi connectivity index (χ2n) is 2.59. The number of rotatable bonds is 1. The van der Waals surface area contributed by atoms with Gasteiger partial charge in [0.2, 0.25) is 5.43 Å². The molecule has 0 aromatic carbocycles. The number of hydrogen-bond donors (Lipinski definition) is 2. The summed E-state index contributed by atoms with van der Waals surface area (Å²) >= 11 is 0. The summed E-state index contributed by atoms with van der Waals surface area (Å²) in [6.07, 6.45) is 4.83. The number of hydrogen-bond acceptors (Lipinski definition) is 3. The van der Waals surface area contributed by atoms with Crippen molar-refractivity contribution in [1.82, 2.24) is 14.8 Å². The molecule has 0 radical (unpaired) electrons. The summed E-state index contributed by atoms with van der Waals surface area (Å²) < 4.78 is 1.56. The normalized spacial score (nSPS) is 10.2. The summed E-state index contributed by atoms with van der Waals surface area (Å²) in [5.41, 5.74) is 5.37. The number of nitrogen functional groups attached to an aromatic ring is 1. The Hall–Kier alpha value is -2.04. The van der Waals surface area contributed by atoms with Crippen molar-refractivity contribution in [3.05, 3.63) is 40.9 Å². The molecule has 2 aromatic heterocycles. The minimum atomic E-state index is -0.204. The molecule has 13 heavy (non-hydrogen) atoms. The van der Waals surface area contributed by atoms with E-state index in [9.17, 15) is 4.79 Å². The molecule has 5 nitrogen and oxygen atoms in total. The van der Waals surface area contributed by atoms with Crippen molar-refractivity contribution < 1.29 is 0 Å². The lowest BCUT2D eigenvalue weighted by atomic mass is 10.4. The maximum atomic E-state index is 11.1. The standard InChI is InChI=1S/C8H8N4O/c9-6-5-10-8(4-7(6)13)12-3-1-2-11-12/h1-5H,9H2,(H,10,13). The van der Waals surface area contributed by atoms with E-state index < -0.39 is 0 Å². The van der Waals surface area contributed by atoms with Crippen LogP contribution in [0.3, 0.4) is 0 Å². The van der Waals surface area contributed by atoms with E-state index in [-0.39, 0.29) is 11.1 Å². The molecule has 0 unspecified atom stereocenters. The van der Waals surface area contributed by atoms with E-state index in [2.05, 4.69) is 10.1 Å². The fraction of sp³-hybridized carbons (Fsp3) is 0. The van der Waals surface area contributed by atoms with E-state index >= 15 is 0 Å². The van der Waals surface area contributed by atoms with Crippen LogP contribution in [0, 0.1) is 0 Å². The van der Waals surface area contributed by atoms with Crippen LogP contribution in [0.2, 0.25) is 0 Å². The summed E-state index contributed by atoms with van der Waals surface area (Å²) in [6.45, 7) is 0. The Balaban J connectivity index is 2.55. The lowest BCUT2D eigenvalue weighted by Crippen LogP contribution is -2.10. The van der Waals surface area contributed by atoms with Crippen molar-refractivity contribution >= 4 is 5.69 Å². The number of nitrogens with one attached hydrogen (secondary N) is 1. The van der Waals surface area contributed by atoms with Crippen LogP contribution < -0.4 is 11.2 Å². The van der Waals surface area contributed by atoms with Gasteiger partial charge in [0.25, 0.3) is 0 Å². The molecule has 5 heteroatoms. The fourth-order valence-corrected chi connectivity index (χ4v) is 1.02. The van der Waals surface area contributed by atoms with Gasteiger partial charge in [-0.05, 0) is 6.07 Å². The van der Waals surface area contributed by atoms with Crippen molar-refractivity contribution in [2.24, 2.45) is 0 Å². The first kappa shape index (κ1) is 7.60. The first-order chi connectivity index (χ1) is 6.27. The van der Waals surface area contributed by atoms with Crippen LogP contribution in [0.4, 0.5) is 5.69 Å². The molecular formula is C8H8N4O. The lowest BCUT2D eigenvalue weighted by Gasteiger charge is -2.00. The molecule has 2 rings (SSSR count). The third kappa shape index (κ3) is 1.31. The first-order valence-electron chi connectivity index (χ1n) is 3.75. The highest BCUT2D eigenvalue weighted by atomic mass is 16.1. The highest BCUT2D eigenvalue weighted by Crippen LogP contribution is 1.99. The zero-order valence-corrected chi connectivity index (χ0v) is 6.77. The summed E-state index contributed by atoms with van der Waals surface area (Å²) in [5, 5.41) is 3.96. The molecule has 0 aliphatic rings. The summed E-state index contributed by atoms with van der Waals surface area (Å²) in [5.74, 6) is 0.601. The molecule has 0 atom stereocenters. The molecule has 0 fully saturated rings. The van der Waals surface area contributed by atoms with E-state index in [4.69, 9.17) is 5.73 Å². The smallest absolute Gasteiger partial charge is 0.206 e. The van der Waals surface area contributed by atoms with E-state index in [0.717, 1.165) is 0 Å². The quantitative estimate of drug-likeness (QED) is 0.649. The minimum Gasteiger partial charge on any atom is -0.394 e. The molecule has 0 saturated heterocycles. The molecule has 0 aliphatic carbocycles. The molecule has 2 aromatic rings. The third-order valence-corrected chi connectivity index (χ3v) is 1.68. The van der Waals surface area contributed by atoms with Gasteiger partial charge in [-0.1, -0.05) is 0 Å². The van der Waals surface area contributed by atoms with Gasteiger partial charge in [0.15, 0.2) is 0 Å². The van der Waals surface area contributed by atoms with Crippen molar-refractivity contribution in [2.75, 3.05) is 5.73 Å². The second-order valence-corrected chi connectivity index (χ2v) is 2.59. The predicted octanol–water partition coefficient (Wildman–Crippen LogP) is 0.143. The highest BCUT2D eigenvalue weighted by Gasteiger charge is 1.98. The van der Waals surface area contributed by atoms with E-state index in [1.54, 1.807) is 23.1 Å². The van der Waals surface area contributed by atoms with Gasteiger partial charge in [0, 0.05) is 24.7 Å². The largest absolute Gasteiger partial charge is 0.394 e. The van der Waals surface area contributed by atoms with Gasteiger partial charge in [-0.3, -0.25) is 4.79 Å². The Morgan fingerprint density at radius 3 is 3.00 bits per heavy atom. The Bertz CT molecular complexity index is 457. The van der Waals surface area contributed by atoms with Gasteiger partial charge in [-0.2, -0.15) is 5.10 Å². The average Bonchev–Trinajstić information content (AvgIpc) is 2.62.